The van der Waals surface area contributed by atoms with Crippen molar-refractivity contribution in [3.63, 3.8) is 0 Å². The summed E-state index contributed by atoms with van der Waals surface area (Å²) in [6.45, 7) is 5.53. The largest absolute Gasteiger partial charge is 0.354 e. The first-order chi connectivity index (χ1) is 14.4. The summed E-state index contributed by atoms with van der Waals surface area (Å²) < 4.78 is 33.3. The van der Waals surface area contributed by atoms with E-state index < -0.39 is 16.3 Å². The number of ether oxygens (including phenoxy) is 1. The van der Waals surface area contributed by atoms with Crippen molar-refractivity contribution in [2.75, 3.05) is 26.2 Å². The van der Waals surface area contributed by atoms with Crippen LogP contribution >= 0.6 is 0 Å². The summed E-state index contributed by atoms with van der Waals surface area (Å²) in [6.07, 6.45) is 4.27. The van der Waals surface area contributed by atoms with Gasteiger partial charge >= 0.3 is 0 Å². The Morgan fingerprint density at radius 1 is 1.10 bits per heavy atom. The summed E-state index contributed by atoms with van der Waals surface area (Å²) in [5, 5.41) is 2.70. The second kappa shape index (κ2) is 8.49. The third kappa shape index (κ3) is 4.14. The molecule has 3 saturated heterocycles. The van der Waals surface area contributed by atoms with Crippen LogP contribution in [0.15, 0.2) is 41.8 Å². The third-order valence-electron chi connectivity index (χ3n) is 6.07. The summed E-state index contributed by atoms with van der Waals surface area (Å²) >= 11 is 0. The number of carbonyl (C=O) groups excluding carboxylic acids is 2. The molecule has 0 radical (unpaired) electrons. The fraction of sp³-hybridized carbons (Fsp3) is 0.524. The van der Waals surface area contributed by atoms with Crippen molar-refractivity contribution in [1.29, 1.82) is 0 Å². The Labute approximate surface area is 176 Å². The SMILES string of the molecule is C=CC(=O)NC1CC2CN(S(=O)(=O)c3ccc(C(=O)N4CCCCC4)cc3)CC2O1. The lowest BCUT2D eigenvalue weighted by molar-refractivity contribution is -0.120. The summed E-state index contributed by atoms with van der Waals surface area (Å²) in [5.74, 6) is -0.311. The Hall–Kier alpha value is -2.23. The lowest BCUT2D eigenvalue weighted by atomic mass is 10.1. The quantitative estimate of drug-likeness (QED) is 0.707. The van der Waals surface area contributed by atoms with Gasteiger partial charge < -0.3 is 15.0 Å². The molecule has 2 amide bonds. The Morgan fingerprint density at radius 2 is 1.80 bits per heavy atom. The average Bonchev–Trinajstić information content (AvgIpc) is 3.33. The minimum Gasteiger partial charge on any atom is -0.354 e. The number of likely N-dealkylation sites (tertiary alicyclic amines) is 1. The fourth-order valence-corrected chi connectivity index (χ4v) is 5.94. The van der Waals surface area contributed by atoms with Gasteiger partial charge in [-0.15, -0.1) is 0 Å². The monoisotopic (exact) mass is 433 g/mol. The number of carbonyl (C=O) groups is 2. The molecule has 0 aromatic heterocycles. The van der Waals surface area contributed by atoms with E-state index in [9.17, 15) is 18.0 Å². The van der Waals surface area contributed by atoms with Crippen LogP contribution in [0.4, 0.5) is 0 Å². The number of benzene rings is 1. The molecule has 3 unspecified atom stereocenters. The highest BCUT2D eigenvalue weighted by Crippen LogP contribution is 2.35. The van der Waals surface area contributed by atoms with E-state index in [1.165, 1.54) is 22.5 Å². The lowest BCUT2D eigenvalue weighted by Gasteiger charge is -2.26. The van der Waals surface area contributed by atoms with Crippen molar-refractivity contribution in [1.82, 2.24) is 14.5 Å². The molecular formula is C21H27N3O5S. The minimum absolute atomic E-state index is 0.0369. The van der Waals surface area contributed by atoms with E-state index in [2.05, 4.69) is 11.9 Å². The summed E-state index contributed by atoms with van der Waals surface area (Å²) in [5.41, 5.74) is 0.512. The van der Waals surface area contributed by atoms with Gasteiger partial charge in [0, 0.05) is 37.7 Å². The van der Waals surface area contributed by atoms with Gasteiger partial charge in [-0.1, -0.05) is 6.58 Å². The maximum atomic E-state index is 13.0. The maximum absolute atomic E-state index is 13.0. The number of sulfonamides is 1. The molecule has 9 heteroatoms. The lowest BCUT2D eigenvalue weighted by Crippen LogP contribution is -2.37. The summed E-state index contributed by atoms with van der Waals surface area (Å²) in [6, 6.07) is 6.21. The molecule has 1 aromatic carbocycles. The minimum atomic E-state index is -3.67. The standard InChI is InChI=1S/C21H27N3O5S/c1-2-19(25)22-20-12-16-13-24(14-18(16)29-20)30(27,28)17-8-6-15(7-9-17)21(26)23-10-4-3-5-11-23/h2,6-9,16,18,20H,1,3-5,10-14H2,(H,22,25). The Morgan fingerprint density at radius 3 is 2.43 bits per heavy atom. The van der Waals surface area contributed by atoms with Crippen molar-refractivity contribution < 1.29 is 22.7 Å². The Balaban J connectivity index is 1.39. The van der Waals surface area contributed by atoms with Gasteiger partial charge in [-0.25, -0.2) is 8.42 Å². The van der Waals surface area contributed by atoms with Crippen LogP contribution in [0, 0.1) is 5.92 Å². The van der Waals surface area contributed by atoms with Crippen LogP contribution in [0.5, 0.6) is 0 Å². The molecule has 3 atom stereocenters. The summed E-state index contributed by atoms with van der Waals surface area (Å²) in [4.78, 5) is 26.0. The molecule has 1 aromatic rings. The smallest absolute Gasteiger partial charge is 0.253 e. The van der Waals surface area contributed by atoms with Gasteiger partial charge in [0.2, 0.25) is 15.9 Å². The van der Waals surface area contributed by atoms with Crippen molar-refractivity contribution in [3.8, 4) is 0 Å². The average molecular weight is 434 g/mol. The first-order valence-electron chi connectivity index (χ1n) is 10.4. The normalized spacial score (nSPS) is 26.9. The van der Waals surface area contributed by atoms with Crippen LogP contribution in [-0.2, 0) is 19.6 Å². The Bertz CT molecular complexity index is 910. The van der Waals surface area contributed by atoms with E-state index in [4.69, 9.17) is 4.74 Å². The van der Waals surface area contributed by atoms with Crippen LogP contribution in [0.3, 0.4) is 0 Å². The van der Waals surface area contributed by atoms with E-state index >= 15 is 0 Å². The number of piperidine rings is 1. The van der Waals surface area contributed by atoms with E-state index in [1.54, 1.807) is 12.1 Å². The predicted molar refractivity (Wildman–Crippen MR) is 110 cm³/mol. The van der Waals surface area contributed by atoms with Crippen LogP contribution in [0.25, 0.3) is 0 Å². The molecule has 3 aliphatic rings. The van der Waals surface area contributed by atoms with E-state index in [-0.39, 0.29) is 35.3 Å². The maximum Gasteiger partial charge on any atom is 0.253 e. The van der Waals surface area contributed by atoms with E-state index in [0.717, 1.165) is 32.4 Å². The molecule has 3 heterocycles. The second-order valence-corrected chi connectivity index (χ2v) is 10.0. The van der Waals surface area contributed by atoms with Crippen LogP contribution in [0.1, 0.15) is 36.0 Å². The highest BCUT2D eigenvalue weighted by atomic mass is 32.2. The highest BCUT2D eigenvalue weighted by molar-refractivity contribution is 7.89. The van der Waals surface area contributed by atoms with Crippen LogP contribution in [-0.4, -0.2) is 67.9 Å². The molecule has 0 aliphatic carbocycles. The Kier molecular flexibility index (Phi) is 5.95. The third-order valence-corrected chi connectivity index (χ3v) is 7.92. The number of nitrogens with one attached hydrogen (secondary N) is 1. The van der Waals surface area contributed by atoms with Crippen molar-refractivity contribution in [2.45, 2.75) is 42.9 Å². The van der Waals surface area contributed by atoms with Gasteiger partial charge in [-0.3, -0.25) is 9.59 Å². The van der Waals surface area contributed by atoms with Crippen molar-refractivity contribution >= 4 is 21.8 Å². The first-order valence-corrected chi connectivity index (χ1v) is 11.8. The molecule has 8 nitrogen and oxygen atoms in total. The molecule has 0 saturated carbocycles. The van der Waals surface area contributed by atoms with Gasteiger partial charge in [0.25, 0.3) is 5.91 Å². The molecule has 4 rings (SSSR count). The number of fused-ring (bicyclic) bond motifs is 1. The zero-order chi connectivity index (χ0) is 21.3. The van der Waals surface area contributed by atoms with Crippen molar-refractivity contribution in [2.24, 2.45) is 5.92 Å². The van der Waals surface area contributed by atoms with E-state index in [0.29, 0.717) is 18.5 Å². The molecule has 0 bridgehead atoms. The molecular weight excluding hydrogens is 406 g/mol. The van der Waals surface area contributed by atoms with E-state index in [1.807, 2.05) is 4.90 Å². The van der Waals surface area contributed by atoms with Gasteiger partial charge in [-0.05, 0) is 56.0 Å². The van der Waals surface area contributed by atoms with Gasteiger partial charge in [0.05, 0.1) is 11.0 Å². The zero-order valence-corrected chi connectivity index (χ0v) is 17.6. The number of hydrogen-bond donors (Lipinski definition) is 1. The molecule has 0 spiro atoms. The zero-order valence-electron chi connectivity index (χ0n) is 16.8. The molecule has 162 valence electrons. The van der Waals surface area contributed by atoms with Gasteiger partial charge in [-0.2, -0.15) is 4.31 Å². The van der Waals surface area contributed by atoms with Crippen LogP contribution < -0.4 is 5.32 Å². The topological polar surface area (TPSA) is 96.0 Å². The molecule has 30 heavy (non-hydrogen) atoms. The molecule has 3 aliphatic heterocycles. The number of rotatable bonds is 5. The summed E-state index contributed by atoms with van der Waals surface area (Å²) in [7, 11) is -3.67. The fourth-order valence-electron chi connectivity index (χ4n) is 4.43. The number of nitrogens with zero attached hydrogens (tertiary/aromatic N) is 2. The number of hydrogen-bond acceptors (Lipinski definition) is 5. The molecule has 1 N–H and O–H groups in total. The van der Waals surface area contributed by atoms with Gasteiger partial charge in [0.1, 0.15) is 6.23 Å². The number of amides is 2. The molecule has 3 fully saturated rings. The van der Waals surface area contributed by atoms with Crippen molar-refractivity contribution in [3.05, 3.63) is 42.5 Å². The second-order valence-electron chi connectivity index (χ2n) is 8.07. The van der Waals surface area contributed by atoms with Crippen LogP contribution in [0.2, 0.25) is 0 Å². The first kappa shape index (κ1) is 21.0. The van der Waals surface area contributed by atoms with Gasteiger partial charge in [0.15, 0.2) is 0 Å². The highest BCUT2D eigenvalue weighted by Gasteiger charge is 2.46. The predicted octanol–water partition coefficient (Wildman–Crippen LogP) is 1.35.